The Hall–Kier alpha value is -2.21. The van der Waals surface area contributed by atoms with Crippen LogP contribution in [0.5, 0.6) is 23.0 Å². The summed E-state index contributed by atoms with van der Waals surface area (Å²) in [6, 6.07) is 10.6. The number of nitrogen functional groups attached to an aromatic ring is 1. The van der Waals surface area contributed by atoms with Gasteiger partial charge in [-0.05, 0) is 30.3 Å². The van der Waals surface area contributed by atoms with Crippen LogP contribution in [0.1, 0.15) is 5.56 Å². The summed E-state index contributed by atoms with van der Waals surface area (Å²) in [6.07, 6.45) is 0. The number of nitrogens with two attached hydrogens (primary N) is 1. The molecular formula is C14H11BrN2O3. The van der Waals surface area contributed by atoms with Crippen molar-refractivity contribution in [3.63, 3.8) is 0 Å². The largest absolute Gasteiger partial charge is 0.456 e. The third-order valence-corrected chi connectivity index (χ3v) is 3.30. The second kappa shape index (κ2) is 5.05. The number of halogens is 1. The molecule has 102 valence electrons. The van der Waals surface area contributed by atoms with E-state index in [1.807, 2.05) is 6.07 Å². The Kier molecular flexibility index (Phi) is 3.23. The summed E-state index contributed by atoms with van der Waals surface area (Å²) in [5.74, 6) is 2.38. The van der Waals surface area contributed by atoms with Crippen molar-refractivity contribution in [1.82, 2.24) is 0 Å². The van der Waals surface area contributed by atoms with Crippen molar-refractivity contribution in [3.8, 4) is 23.0 Å². The van der Waals surface area contributed by atoms with E-state index < -0.39 is 0 Å². The lowest BCUT2D eigenvalue weighted by Gasteiger charge is -2.11. The van der Waals surface area contributed by atoms with E-state index in [9.17, 15) is 0 Å². The third-order valence-electron chi connectivity index (χ3n) is 2.81. The van der Waals surface area contributed by atoms with Crippen LogP contribution in [0.15, 0.2) is 40.9 Å². The summed E-state index contributed by atoms with van der Waals surface area (Å²) in [5, 5.41) is 7.57. The van der Waals surface area contributed by atoms with Crippen LogP contribution in [0.2, 0.25) is 0 Å². The van der Waals surface area contributed by atoms with E-state index in [1.54, 1.807) is 30.3 Å². The molecule has 20 heavy (non-hydrogen) atoms. The number of fused-ring (bicyclic) bond motifs is 1. The first kappa shape index (κ1) is 12.8. The van der Waals surface area contributed by atoms with Crippen molar-refractivity contribution >= 4 is 21.8 Å². The SMILES string of the molecule is N=C(N)c1ccc(Br)cc1Oc1ccc2c(c1)OCO2. The molecule has 0 aliphatic carbocycles. The van der Waals surface area contributed by atoms with E-state index >= 15 is 0 Å². The van der Waals surface area contributed by atoms with Gasteiger partial charge in [0.25, 0.3) is 0 Å². The fourth-order valence-electron chi connectivity index (χ4n) is 1.87. The summed E-state index contributed by atoms with van der Waals surface area (Å²) < 4.78 is 17.2. The van der Waals surface area contributed by atoms with Gasteiger partial charge in [0.1, 0.15) is 17.3 Å². The maximum Gasteiger partial charge on any atom is 0.231 e. The van der Waals surface area contributed by atoms with Gasteiger partial charge in [0.15, 0.2) is 11.5 Å². The topological polar surface area (TPSA) is 77.6 Å². The zero-order valence-corrected chi connectivity index (χ0v) is 11.9. The maximum atomic E-state index is 7.57. The minimum atomic E-state index is -0.0479. The second-order valence-electron chi connectivity index (χ2n) is 4.17. The van der Waals surface area contributed by atoms with Gasteiger partial charge in [-0.25, -0.2) is 0 Å². The monoisotopic (exact) mass is 334 g/mol. The van der Waals surface area contributed by atoms with E-state index in [-0.39, 0.29) is 12.6 Å². The summed E-state index contributed by atoms with van der Waals surface area (Å²) in [7, 11) is 0. The molecule has 3 N–H and O–H groups in total. The van der Waals surface area contributed by atoms with Gasteiger partial charge in [-0.2, -0.15) is 0 Å². The molecule has 1 aliphatic rings. The maximum absolute atomic E-state index is 7.57. The van der Waals surface area contributed by atoms with Crippen LogP contribution in [0, 0.1) is 5.41 Å². The number of amidine groups is 1. The van der Waals surface area contributed by atoms with Gasteiger partial charge in [0.05, 0.1) is 5.56 Å². The lowest BCUT2D eigenvalue weighted by Crippen LogP contribution is -2.12. The molecule has 1 heterocycles. The molecule has 0 unspecified atom stereocenters. The molecule has 0 saturated heterocycles. The minimum absolute atomic E-state index is 0.0479. The Morgan fingerprint density at radius 3 is 2.75 bits per heavy atom. The van der Waals surface area contributed by atoms with Gasteiger partial charge >= 0.3 is 0 Å². The highest BCUT2D eigenvalue weighted by atomic mass is 79.9. The fraction of sp³-hybridized carbons (Fsp3) is 0.0714. The second-order valence-corrected chi connectivity index (χ2v) is 5.09. The number of nitrogens with one attached hydrogen (secondary N) is 1. The van der Waals surface area contributed by atoms with Gasteiger partial charge in [0, 0.05) is 10.5 Å². The molecule has 0 radical (unpaired) electrons. The van der Waals surface area contributed by atoms with Crippen molar-refractivity contribution in [2.24, 2.45) is 5.73 Å². The summed E-state index contributed by atoms with van der Waals surface area (Å²) in [5.41, 5.74) is 6.08. The number of rotatable bonds is 3. The fourth-order valence-corrected chi connectivity index (χ4v) is 2.21. The first-order valence-electron chi connectivity index (χ1n) is 5.85. The molecule has 2 aromatic rings. The van der Waals surface area contributed by atoms with Crippen LogP contribution in [0.4, 0.5) is 0 Å². The quantitative estimate of drug-likeness (QED) is 0.667. The molecular weight excluding hydrogens is 324 g/mol. The standard InChI is InChI=1S/C14H11BrN2O3/c15-8-1-3-10(14(16)17)12(5-8)20-9-2-4-11-13(6-9)19-7-18-11/h1-6H,7H2,(H3,16,17). The summed E-state index contributed by atoms with van der Waals surface area (Å²) in [6.45, 7) is 0.217. The lowest BCUT2D eigenvalue weighted by atomic mass is 10.2. The van der Waals surface area contributed by atoms with Crippen LogP contribution in [0.3, 0.4) is 0 Å². The Labute approximate surface area is 123 Å². The van der Waals surface area contributed by atoms with Crippen molar-refractivity contribution < 1.29 is 14.2 Å². The van der Waals surface area contributed by atoms with Crippen LogP contribution < -0.4 is 19.9 Å². The van der Waals surface area contributed by atoms with Crippen LogP contribution in [-0.2, 0) is 0 Å². The number of benzene rings is 2. The smallest absolute Gasteiger partial charge is 0.231 e. The van der Waals surface area contributed by atoms with Crippen molar-refractivity contribution in [3.05, 3.63) is 46.4 Å². The molecule has 0 atom stereocenters. The van der Waals surface area contributed by atoms with Gasteiger partial charge in [-0.3, -0.25) is 5.41 Å². The Morgan fingerprint density at radius 2 is 1.95 bits per heavy atom. The summed E-state index contributed by atoms with van der Waals surface area (Å²) in [4.78, 5) is 0. The molecule has 0 saturated carbocycles. The first-order valence-corrected chi connectivity index (χ1v) is 6.64. The van der Waals surface area contributed by atoms with Crippen molar-refractivity contribution in [2.75, 3.05) is 6.79 Å². The zero-order chi connectivity index (χ0) is 14.1. The van der Waals surface area contributed by atoms with Crippen LogP contribution >= 0.6 is 15.9 Å². The number of hydrogen-bond donors (Lipinski definition) is 2. The van der Waals surface area contributed by atoms with Gasteiger partial charge in [-0.15, -0.1) is 0 Å². The Balaban J connectivity index is 1.95. The van der Waals surface area contributed by atoms with Gasteiger partial charge < -0.3 is 19.9 Å². The van der Waals surface area contributed by atoms with E-state index in [0.29, 0.717) is 28.6 Å². The van der Waals surface area contributed by atoms with E-state index in [2.05, 4.69) is 15.9 Å². The molecule has 0 fully saturated rings. The van der Waals surface area contributed by atoms with Gasteiger partial charge in [0.2, 0.25) is 6.79 Å². The highest BCUT2D eigenvalue weighted by Crippen LogP contribution is 2.37. The molecule has 3 rings (SSSR count). The molecule has 2 aromatic carbocycles. The molecule has 6 heteroatoms. The molecule has 0 aromatic heterocycles. The molecule has 0 bridgehead atoms. The highest BCUT2D eigenvalue weighted by Gasteiger charge is 2.15. The predicted octanol–water partition coefficient (Wildman–Crippen LogP) is 3.25. The van der Waals surface area contributed by atoms with Gasteiger partial charge in [-0.1, -0.05) is 15.9 Å². The lowest BCUT2D eigenvalue weighted by molar-refractivity contribution is 0.174. The highest BCUT2D eigenvalue weighted by molar-refractivity contribution is 9.10. The zero-order valence-electron chi connectivity index (χ0n) is 10.4. The van der Waals surface area contributed by atoms with E-state index in [1.165, 1.54) is 0 Å². The minimum Gasteiger partial charge on any atom is -0.456 e. The summed E-state index contributed by atoms with van der Waals surface area (Å²) >= 11 is 3.37. The normalized spacial score (nSPS) is 12.2. The Bertz CT molecular complexity index is 688. The van der Waals surface area contributed by atoms with Crippen molar-refractivity contribution in [1.29, 1.82) is 5.41 Å². The Morgan fingerprint density at radius 1 is 1.15 bits per heavy atom. The number of ether oxygens (including phenoxy) is 3. The average molecular weight is 335 g/mol. The molecule has 1 aliphatic heterocycles. The molecule has 5 nitrogen and oxygen atoms in total. The van der Waals surface area contributed by atoms with Crippen molar-refractivity contribution in [2.45, 2.75) is 0 Å². The van der Waals surface area contributed by atoms with E-state index in [4.69, 9.17) is 25.4 Å². The first-order chi connectivity index (χ1) is 9.63. The molecule has 0 spiro atoms. The van der Waals surface area contributed by atoms with E-state index in [0.717, 1.165) is 4.47 Å². The van der Waals surface area contributed by atoms with Crippen LogP contribution in [-0.4, -0.2) is 12.6 Å². The average Bonchev–Trinajstić information content (AvgIpc) is 2.85. The third kappa shape index (κ3) is 2.42. The predicted molar refractivity (Wildman–Crippen MR) is 77.8 cm³/mol. The molecule has 0 amide bonds. The number of hydrogen-bond acceptors (Lipinski definition) is 4. The van der Waals surface area contributed by atoms with Crippen LogP contribution in [0.25, 0.3) is 0 Å².